The molecule has 0 saturated carbocycles. The van der Waals surface area contributed by atoms with Crippen LogP contribution in [-0.4, -0.2) is 29.2 Å². The SMILES string of the molecule is COc1ccc(-c2ccc3cccc4c3c2[C@H](O)[C@H](O)C4=O)cc1. The van der Waals surface area contributed by atoms with Crippen LogP contribution in [0.1, 0.15) is 22.0 Å². The third-order valence-electron chi connectivity index (χ3n) is 4.62. The normalized spacial score (nSPS) is 19.5. The van der Waals surface area contributed by atoms with Crippen molar-refractivity contribution < 1.29 is 19.7 Å². The third kappa shape index (κ3) is 2.04. The summed E-state index contributed by atoms with van der Waals surface area (Å²) in [5.74, 6) is 0.303. The second kappa shape index (κ2) is 5.44. The molecule has 0 unspecified atom stereocenters. The first-order valence-corrected chi connectivity index (χ1v) is 7.72. The van der Waals surface area contributed by atoms with Gasteiger partial charge in [-0.3, -0.25) is 4.79 Å². The van der Waals surface area contributed by atoms with E-state index in [1.165, 1.54) is 0 Å². The lowest BCUT2D eigenvalue weighted by molar-refractivity contribution is 0.0195. The summed E-state index contributed by atoms with van der Waals surface area (Å²) >= 11 is 0. The fourth-order valence-corrected chi connectivity index (χ4v) is 3.40. The Labute approximate surface area is 138 Å². The zero-order chi connectivity index (χ0) is 16.8. The first kappa shape index (κ1) is 14.9. The minimum Gasteiger partial charge on any atom is -0.497 e. The molecule has 2 atom stereocenters. The van der Waals surface area contributed by atoms with Gasteiger partial charge in [0, 0.05) is 5.56 Å². The molecule has 0 saturated heterocycles. The van der Waals surface area contributed by atoms with Gasteiger partial charge in [0.2, 0.25) is 0 Å². The van der Waals surface area contributed by atoms with Gasteiger partial charge in [0.15, 0.2) is 5.78 Å². The predicted molar refractivity (Wildman–Crippen MR) is 91.2 cm³/mol. The van der Waals surface area contributed by atoms with Gasteiger partial charge in [0.25, 0.3) is 0 Å². The lowest BCUT2D eigenvalue weighted by Gasteiger charge is -2.28. The van der Waals surface area contributed by atoms with E-state index in [2.05, 4.69) is 0 Å². The first-order chi connectivity index (χ1) is 11.6. The van der Waals surface area contributed by atoms with Crippen molar-refractivity contribution in [1.29, 1.82) is 0 Å². The molecule has 24 heavy (non-hydrogen) atoms. The van der Waals surface area contributed by atoms with Crippen molar-refractivity contribution >= 4 is 16.6 Å². The number of Topliss-reactive ketones (excluding diaryl/α,β-unsaturated/α-hetero) is 1. The molecule has 4 nitrogen and oxygen atoms in total. The summed E-state index contributed by atoms with van der Waals surface area (Å²) in [6.45, 7) is 0. The van der Waals surface area contributed by atoms with Gasteiger partial charge in [0.1, 0.15) is 18.0 Å². The highest BCUT2D eigenvalue weighted by Crippen LogP contribution is 2.41. The molecule has 1 aliphatic carbocycles. The highest BCUT2D eigenvalue weighted by atomic mass is 16.5. The summed E-state index contributed by atoms with van der Waals surface area (Å²) in [5.41, 5.74) is 2.75. The van der Waals surface area contributed by atoms with Gasteiger partial charge in [-0.1, -0.05) is 42.5 Å². The van der Waals surface area contributed by atoms with Crippen LogP contribution in [0.15, 0.2) is 54.6 Å². The number of ketones is 1. The molecule has 0 bridgehead atoms. The fourth-order valence-electron chi connectivity index (χ4n) is 3.40. The Morgan fingerprint density at radius 1 is 0.875 bits per heavy atom. The van der Waals surface area contributed by atoms with Crippen molar-refractivity contribution in [2.75, 3.05) is 7.11 Å². The monoisotopic (exact) mass is 320 g/mol. The maximum atomic E-state index is 12.3. The van der Waals surface area contributed by atoms with Crippen molar-refractivity contribution in [2.24, 2.45) is 0 Å². The van der Waals surface area contributed by atoms with Crippen LogP contribution in [0.5, 0.6) is 5.75 Å². The van der Waals surface area contributed by atoms with Crippen LogP contribution in [0.4, 0.5) is 0 Å². The predicted octanol–water partition coefficient (Wildman–Crippen LogP) is 3.11. The van der Waals surface area contributed by atoms with Crippen LogP contribution >= 0.6 is 0 Å². The number of hydrogen-bond acceptors (Lipinski definition) is 4. The fraction of sp³-hybridized carbons (Fsp3) is 0.150. The summed E-state index contributed by atoms with van der Waals surface area (Å²) in [7, 11) is 1.60. The second-order valence-corrected chi connectivity index (χ2v) is 5.91. The Kier molecular flexibility index (Phi) is 3.37. The quantitative estimate of drug-likeness (QED) is 0.761. The zero-order valence-electron chi connectivity index (χ0n) is 13.1. The number of aliphatic hydroxyl groups excluding tert-OH is 2. The topological polar surface area (TPSA) is 66.8 Å². The van der Waals surface area contributed by atoms with Crippen molar-refractivity contribution in [3.8, 4) is 16.9 Å². The van der Waals surface area contributed by atoms with Crippen molar-refractivity contribution in [3.63, 3.8) is 0 Å². The van der Waals surface area contributed by atoms with Crippen LogP contribution in [-0.2, 0) is 0 Å². The third-order valence-corrected chi connectivity index (χ3v) is 4.62. The smallest absolute Gasteiger partial charge is 0.194 e. The number of carbonyl (C=O) groups excluding carboxylic acids is 1. The van der Waals surface area contributed by atoms with Crippen molar-refractivity contribution in [2.45, 2.75) is 12.2 Å². The molecule has 0 aromatic heterocycles. The molecule has 0 spiro atoms. The van der Waals surface area contributed by atoms with Crippen LogP contribution < -0.4 is 4.74 Å². The van der Waals surface area contributed by atoms with E-state index in [4.69, 9.17) is 4.74 Å². The maximum Gasteiger partial charge on any atom is 0.194 e. The molecule has 2 N–H and O–H groups in total. The Morgan fingerprint density at radius 2 is 1.62 bits per heavy atom. The molecule has 0 heterocycles. The van der Waals surface area contributed by atoms with Gasteiger partial charge >= 0.3 is 0 Å². The van der Waals surface area contributed by atoms with Gasteiger partial charge in [-0.05, 0) is 39.6 Å². The average Bonchev–Trinajstić information content (AvgIpc) is 2.64. The summed E-state index contributed by atoms with van der Waals surface area (Å²) in [6, 6.07) is 16.7. The van der Waals surface area contributed by atoms with Gasteiger partial charge in [-0.25, -0.2) is 0 Å². The van der Waals surface area contributed by atoms with Crippen LogP contribution in [0.25, 0.3) is 21.9 Å². The lowest BCUT2D eigenvalue weighted by atomic mass is 9.80. The van der Waals surface area contributed by atoms with E-state index in [1.54, 1.807) is 19.2 Å². The maximum absolute atomic E-state index is 12.3. The molecule has 120 valence electrons. The largest absolute Gasteiger partial charge is 0.497 e. The zero-order valence-corrected chi connectivity index (χ0v) is 13.1. The molecule has 0 radical (unpaired) electrons. The van der Waals surface area contributed by atoms with Crippen LogP contribution in [0, 0.1) is 0 Å². The number of rotatable bonds is 2. The number of aliphatic hydroxyl groups is 2. The molecule has 3 aromatic carbocycles. The van der Waals surface area contributed by atoms with Gasteiger partial charge in [0.05, 0.1) is 7.11 Å². The molecule has 4 rings (SSSR count). The van der Waals surface area contributed by atoms with E-state index < -0.39 is 18.0 Å². The molecular formula is C20H16O4. The summed E-state index contributed by atoms with van der Waals surface area (Å²) in [6.07, 6.45) is -2.68. The average molecular weight is 320 g/mol. The Hall–Kier alpha value is -2.69. The van der Waals surface area contributed by atoms with Gasteiger partial charge < -0.3 is 14.9 Å². The number of ether oxygens (including phenoxy) is 1. The number of methoxy groups -OCH3 is 1. The van der Waals surface area contributed by atoms with E-state index >= 15 is 0 Å². The van der Waals surface area contributed by atoms with Crippen LogP contribution in [0.2, 0.25) is 0 Å². The molecule has 0 aliphatic heterocycles. The standard InChI is InChI=1S/C20H16O4/c1-24-13-8-5-11(6-9-13)14-10-7-12-3-2-4-15-16(12)17(14)19(22)20(23)18(15)21/h2-10,19-20,22-23H,1H3/t19-,20+/m0/s1. The highest BCUT2D eigenvalue weighted by Gasteiger charge is 2.36. The van der Waals surface area contributed by atoms with Crippen molar-refractivity contribution in [3.05, 3.63) is 65.7 Å². The summed E-state index contributed by atoms with van der Waals surface area (Å²) < 4.78 is 5.18. The van der Waals surface area contributed by atoms with E-state index in [9.17, 15) is 15.0 Å². The number of benzene rings is 3. The van der Waals surface area contributed by atoms with Crippen LogP contribution in [0.3, 0.4) is 0 Å². The first-order valence-electron chi connectivity index (χ1n) is 7.72. The molecule has 0 fully saturated rings. The van der Waals surface area contributed by atoms with Crippen molar-refractivity contribution in [1.82, 2.24) is 0 Å². The van der Waals surface area contributed by atoms with Gasteiger partial charge in [-0.2, -0.15) is 0 Å². The number of hydrogen-bond donors (Lipinski definition) is 2. The second-order valence-electron chi connectivity index (χ2n) is 5.91. The Balaban J connectivity index is 2.03. The summed E-state index contributed by atoms with van der Waals surface area (Å²) in [5, 5.41) is 22.3. The van der Waals surface area contributed by atoms with E-state index in [1.807, 2.05) is 42.5 Å². The van der Waals surface area contributed by atoms with E-state index in [-0.39, 0.29) is 0 Å². The Morgan fingerprint density at radius 3 is 2.33 bits per heavy atom. The molecule has 3 aromatic rings. The van der Waals surface area contributed by atoms with E-state index in [0.717, 1.165) is 22.3 Å². The highest BCUT2D eigenvalue weighted by molar-refractivity contribution is 6.15. The number of carbonyl (C=O) groups is 1. The molecule has 1 aliphatic rings. The van der Waals surface area contributed by atoms with E-state index in [0.29, 0.717) is 16.5 Å². The minimum absolute atomic E-state index is 0.438. The molecule has 0 amide bonds. The molecule has 4 heteroatoms. The summed E-state index contributed by atoms with van der Waals surface area (Å²) in [4.78, 5) is 12.3. The van der Waals surface area contributed by atoms with Gasteiger partial charge in [-0.15, -0.1) is 0 Å². The minimum atomic E-state index is -1.44. The Bertz CT molecular complexity index is 944. The molecular weight excluding hydrogens is 304 g/mol. The lowest BCUT2D eigenvalue weighted by Crippen LogP contribution is -2.32.